The van der Waals surface area contributed by atoms with Crippen molar-refractivity contribution in [3.63, 3.8) is 0 Å². The summed E-state index contributed by atoms with van der Waals surface area (Å²) in [5.74, 6) is 0.687. The van der Waals surface area contributed by atoms with Crippen LogP contribution in [0.3, 0.4) is 0 Å². The van der Waals surface area contributed by atoms with Crippen molar-refractivity contribution < 1.29 is 5.11 Å². The lowest BCUT2D eigenvalue weighted by atomic mass is 10.2. The highest BCUT2D eigenvalue weighted by Crippen LogP contribution is 2.12. The van der Waals surface area contributed by atoms with Gasteiger partial charge in [-0.25, -0.2) is 0 Å². The molecule has 1 N–H and O–H groups in total. The first kappa shape index (κ1) is 15.1. The van der Waals surface area contributed by atoms with Crippen LogP contribution in [0.15, 0.2) is 30.3 Å². The van der Waals surface area contributed by atoms with E-state index in [4.69, 9.17) is 0 Å². The molecule has 118 valence electrons. The average molecular weight is 301 g/mol. The Morgan fingerprint density at radius 1 is 1.09 bits per heavy atom. The summed E-state index contributed by atoms with van der Waals surface area (Å²) in [5, 5.41) is 22.1. The van der Waals surface area contributed by atoms with E-state index in [0.717, 1.165) is 57.4 Å². The van der Waals surface area contributed by atoms with E-state index in [1.807, 2.05) is 30.3 Å². The molecule has 0 unspecified atom stereocenters. The van der Waals surface area contributed by atoms with Gasteiger partial charge in [0, 0.05) is 18.7 Å². The van der Waals surface area contributed by atoms with Gasteiger partial charge in [-0.2, -0.15) is 4.80 Å². The van der Waals surface area contributed by atoms with Crippen molar-refractivity contribution >= 4 is 0 Å². The molecule has 0 saturated carbocycles. The maximum Gasteiger partial charge on any atom is 0.204 e. The molecule has 0 bridgehead atoms. The van der Waals surface area contributed by atoms with E-state index in [-0.39, 0.29) is 6.10 Å². The molecule has 0 amide bonds. The highest BCUT2D eigenvalue weighted by molar-refractivity contribution is 5.52. The molecule has 22 heavy (non-hydrogen) atoms. The van der Waals surface area contributed by atoms with Crippen LogP contribution in [0, 0.1) is 0 Å². The minimum Gasteiger partial charge on any atom is -0.392 e. The minimum absolute atomic E-state index is 0.115. The zero-order chi connectivity index (χ0) is 15.2. The molecule has 0 spiro atoms. The van der Waals surface area contributed by atoms with Gasteiger partial charge in [-0.05, 0) is 31.0 Å². The van der Waals surface area contributed by atoms with Crippen molar-refractivity contribution in [3.05, 3.63) is 30.3 Å². The second-order valence-corrected chi connectivity index (χ2v) is 5.88. The van der Waals surface area contributed by atoms with Gasteiger partial charge in [-0.3, -0.25) is 0 Å². The molecule has 1 saturated heterocycles. The number of aliphatic hydroxyl groups is 1. The fraction of sp³-hybridized carbons (Fsp3) is 0.562. The van der Waals surface area contributed by atoms with Gasteiger partial charge in [0.25, 0.3) is 0 Å². The molecule has 0 aliphatic carbocycles. The Morgan fingerprint density at radius 2 is 1.91 bits per heavy atom. The van der Waals surface area contributed by atoms with E-state index in [1.165, 1.54) is 0 Å². The van der Waals surface area contributed by atoms with Crippen molar-refractivity contribution in [2.24, 2.45) is 0 Å². The summed E-state index contributed by atoms with van der Waals surface area (Å²) < 4.78 is 0. The molecule has 1 aliphatic rings. The Morgan fingerprint density at radius 3 is 2.68 bits per heavy atom. The van der Waals surface area contributed by atoms with E-state index in [2.05, 4.69) is 20.3 Å². The number of tetrazole rings is 1. The van der Waals surface area contributed by atoms with Gasteiger partial charge < -0.3 is 10.0 Å². The summed E-state index contributed by atoms with van der Waals surface area (Å²) in [6.45, 7) is 3.76. The van der Waals surface area contributed by atoms with Crippen LogP contribution in [0.25, 0.3) is 11.4 Å². The predicted molar refractivity (Wildman–Crippen MR) is 84.2 cm³/mol. The van der Waals surface area contributed by atoms with Crippen molar-refractivity contribution in [1.82, 2.24) is 25.1 Å². The molecular formula is C16H23N5O. The number of nitrogens with zero attached hydrogens (tertiary/aromatic N) is 5. The van der Waals surface area contributed by atoms with E-state index in [0.29, 0.717) is 5.82 Å². The number of β-amino-alcohol motifs (C(OH)–C–C–N with tert-alkyl or cyclic N) is 1. The van der Waals surface area contributed by atoms with Crippen LogP contribution in [0.1, 0.15) is 25.7 Å². The third kappa shape index (κ3) is 4.11. The van der Waals surface area contributed by atoms with Gasteiger partial charge in [0.05, 0.1) is 12.6 Å². The molecule has 6 nitrogen and oxygen atoms in total. The van der Waals surface area contributed by atoms with Crippen LogP contribution in [0.2, 0.25) is 0 Å². The van der Waals surface area contributed by atoms with Gasteiger partial charge >= 0.3 is 0 Å². The molecule has 2 aromatic rings. The van der Waals surface area contributed by atoms with Crippen LogP contribution in [0.5, 0.6) is 0 Å². The van der Waals surface area contributed by atoms with Gasteiger partial charge in [0.2, 0.25) is 5.82 Å². The smallest absolute Gasteiger partial charge is 0.204 e. The number of rotatable bonds is 7. The quantitative estimate of drug-likeness (QED) is 0.786. The van der Waals surface area contributed by atoms with Crippen molar-refractivity contribution in [2.75, 3.05) is 19.6 Å². The largest absolute Gasteiger partial charge is 0.392 e. The average Bonchev–Trinajstić information content (AvgIpc) is 3.17. The fourth-order valence-corrected chi connectivity index (χ4v) is 2.82. The molecule has 2 heterocycles. The van der Waals surface area contributed by atoms with Gasteiger partial charge in [0.1, 0.15) is 0 Å². The van der Waals surface area contributed by atoms with Crippen LogP contribution < -0.4 is 0 Å². The zero-order valence-corrected chi connectivity index (χ0v) is 12.8. The molecule has 1 aliphatic heterocycles. The lowest BCUT2D eigenvalue weighted by Crippen LogP contribution is -2.23. The van der Waals surface area contributed by atoms with Crippen molar-refractivity contribution in [2.45, 2.75) is 38.3 Å². The van der Waals surface area contributed by atoms with Gasteiger partial charge in [-0.15, -0.1) is 10.2 Å². The fourth-order valence-electron chi connectivity index (χ4n) is 2.82. The lowest BCUT2D eigenvalue weighted by Gasteiger charge is -2.13. The predicted octanol–water partition coefficient (Wildman–Crippen LogP) is 1.58. The Bertz CT molecular complexity index is 571. The molecule has 1 aromatic heterocycles. The van der Waals surface area contributed by atoms with Gasteiger partial charge in [0.15, 0.2) is 0 Å². The first-order valence-corrected chi connectivity index (χ1v) is 8.05. The Hall–Kier alpha value is -1.79. The molecule has 1 atom stereocenters. The number of aliphatic hydroxyl groups excluding tert-OH is 1. The molecule has 3 rings (SSSR count). The number of likely N-dealkylation sites (tertiary alicyclic amines) is 1. The maximum atomic E-state index is 9.48. The van der Waals surface area contributed by atoms with E-state index >= 15 is 0 Å². The first-order valence-electron chi connectivity index (χ1n) is 8.05. The lowest BCUT2D eigenvalue weighted by molar-refractivity contribution is 0.175. The van der Waals surface area contributed by atoms with Crippen LogP contribution in [-0.2, 0) is 6.54 Å². The van der Waals surface area contributed by atoms with Crippen LogP contribution in [0.4, 0.5) is 0 Å². The third-order valence-electron chi connectivity index (χ3n) is 4.06. The maximum absolute atomic E-state index is 9.48. The van der Waals surface area contributed by atoms with Crippen molar-refractivity contribution in [3.8, 4) is 11.4 Å². The second-order valence-electron chi connectivity index (χ2n) is 5.88. The monoisotopic (exact) mass is 301 g/mol. The molecule has 6 heteroatoms. The number of hydrogen-bond donors (Lipinski definition) is 1. The minimum atomic E-state index is -0.115. The number of unbranched alkanes of at least 4 members (excludes halogenated alkanes) is 2. The summed E-state index contributed by atoms with van der Waals surface area (Å²) in [5.41, 5.74) is 1.00. The summed E-state index contributed by atoms with van der Waals surface area (Å²) >= 11 is 0. The number of hydrogen-bond acceptors (Lipinski definition) is 5. The topological polar surface area (TPSA) is 67.1 Å². The number of benzene rings is 1. The summed E-state index contributed by atoms with van der Waals surface area (Å²) in [6.07, 6.45) is 4.17. The standard InChI is InChI=1S/C16H23N5O/c22-15-9-12-20(13-15)10-5-2-6-11-21-18-16(17-19-21)14-7-3-1-4-8-14/h1,3-4,7-8,15,22H,2,5-6,9-13H2/t15-/m0/s1. The summed E-state index contributed by atoms with van der Waals surface area (Å²) in [6, 6.07) is 9.92. The van der Waals surface area contributed by atoms with Crippen LogP contribution >= 0.6 is 0 Å². The van der Waals surface area contributed by atoms with E-state index in [9.17, 15) is 5.11 Å². The van der Waals surface area contributed by atoms with Crippen molar-refractivity contribution in [1.29, 1.82) is 0 Å². The van der Waals surface area contributed by atoms with E-state index in [1.54, 1.807) is 4.80 Å². The third-order valence-corrected chi connectivity index (χ3v) is 4.06. The number of aryl methyl sites for hydroxylation is 1. The SMILES string of the molecule is O[C@H]1CCN(CCCCCn2nnc(-c3ccccc3)n2)C1. The first-order chi connectivity index (χ1) is 10.8. The van der Waals surface area contributed by atoms with Gasteiger partial charge in [-0.1, -0.05) is 36.8 Å². The highest BCUT2D eigenvalue weighted by atomic mass is 16.3. The molecule has 1 aromatic carbocycles. The number of aromatic nitrogens is 4. The normalized spacial score (nSPS) is 18.9. The highest BCUT2D eigenvalue weighted by Gasteiger charge is 2.18. The van der Waals surface area contributed by atoms with E-state index < -0.39 is 0 Å². The Balaban J connectivity index is 1.37. The molecular weight excluding hydrogens is 278 g/mol. The second kappa shape index (κ2) is 7.47. The Labute approximate surface area is 130 Å². The zero-order valence-electron chi connectivity index (χ0n) is 12.8. The molecule has 0 radical (unpaired) electrons. The van der Waals surface area contributed by atoms with Crippen LogP contribution in [-0.4, -0.2) is 56.0 Å². The Kier molecular flexibility index (Phi) is 5.13. The summed E-state index contributed by atoms with van der Waals surface area (Å²) in [4.78, 5) is 4.02. The molecule has 1 fully saturated rings. The summed E-state index contributed by atoms with van der Waals surface area (Å²) in [7, 11) is 0.